The van der Waals surface area contributed by atoms with Crippen LogP contribution >= 0.6 is 0 Å². The Morgan fingerprint density at radius 3 is 1.92 bits per heavy atom. The SMILES string of the molecule is COC(=O)c1ccc(C(=O)OCC(=O)Nc2cc(C)cc(C)c2)cc1. The molecular formula is C19H19NO5. The lowest BCUT2D eigenvalue weighted by molar-refractivity contribution is -0.119. The number of methoxy groups -OCH3 is 1. The third-order valence-electron chi connectivity index (χ3n) is 3.38. The number of ether oxygens (including phenoxy) is 2. The molecule has 0 radical (unpaired) electrons. The van der Waals surface area contributed by atoms with E-state index >= 15 is 0 Å². The minimum absolute atomic E-state index is 0.242. The zero-order chi connectivity index (χ0) is 18.4. The summed E-state index contributed by atoms with van der Waals surface area (Å²) < 4.78 is 9.56. The van der Waals surface area contributed by atoms with Crippen molar-refractivity contribution >= 4 is 23.5 Å². The molecule has 2 aromatic carbocycles. The fourth-order valence-electron chi connectivity index (χ4n) is 2.32. The Hall–Kier alpha value is -3.15. The Kier molecular flexibility index (Phi) is 5.89. The molecule has 0 saturated carbocycles. The zero-order valence-corrected chi connectivity index (χ0v) is 14.3. The number of nitrogens with one attached hydrogen (secondary N) is 1. The van der Waals surface area contributed by atoms with E-state index in [1.807, 2.05) is 32.0 Å². The first-order chi connectivity index (χ1) is 11.9. The number of esters is 2. The van der Waals surface area contributed by atoms with Crippen LogP contribution in [0.4, 0.5) is 5.69 Å². The summed E-state index contributed by atoms with van der Waals surface area (Å²) in [7, 11) is 1.28. The molecule has 25 heavy (non-hydrogen) atoms. The lowest BCUT2D eigenvalue weighted by atomic mass is 10.1. The molecule has 2 aromatic rings. The molecule has 0 aliphatic heterocycles. The van der Waals surface area contributed by atoms with E-state index in [2.05, 4.69) is 10.1 Å². The number of aryl methyl sites for hydroxylation is 2. The maximum atomic E-state index is 11.9. The van der Waals surface area contributed by atoms with E-state index < -0.39 is 24.5 Å². The number of benzene rings is 2. The van der Waals surface area contributed by atoms with Gasteiger partial charge >= 0.3 is 11.9 Å². The molecular weight excluding hydrogens is 322 g/mol. The van der Waals surface area contributed by atoms with Crippen molar-refractivity contribution in [1.82, 2.24) is 0 Å². The summed E-state index contributed by atoms with van der Waals surface area (Å²) in [6.07, 6.45) is 0. The highest BCUT2D eigenvalue weighted by Crippen LogP contribution is 2.13. The fraction of sp³-hybridized carbons (Fsp3) is 0.211. The van der Waals surface area contributed by atoms with E-state index in [9.17, 15) is 14.4 Å². The number of carbonyl (C=O) groups excluding carboxylic acids is 3. The van der Waals surface area contributed by atoms with Gasteiger partial charge < -0.3 is 14.8 Å². The number of hydrogen-bond acceptors (Lipinski definition) is 5. The molecule has 0 aliphatic rings. The second-order valence-corrected chi connectivity index (χ2v) is 5.57. The maximum absolute atomic E-state index is 11.9. The van der Waals surface area contributed by atoms with Crippen molar-refractivity contribution in [2.75, 3.05) is 19.0 Å². The van der Waals surface area contributed by atoms with Gasteiger partial charge in [0.05, 0.1) is 18.2 Å². The van der Waals surface area contributed by atoms with E-state index in [0.29, 0.717) is 11.3 Å². The molecule has 1 amide bonds. The lowest BCUT2D eigenvalue weighted by Gasteiger charge is -2.08. The van der Waals surface area contributed by atoms with E-state index in [1.165, 1.54) is 31.4 Å². The first-order valence-electron chi connectivity index (χ1n) is 7.62. The van der Waals surface area contributed by atoms with Crippen molar-refractivity contribution < 1.29 is 23.9 Å². The maximum Gasteiger partial charge on any atom is 0.338 e. The van der Waals surface area contributed by atoms with Crippen molar-refractivity contribution in [2.24, 2.45) is 0 Å². The molecule has 2 rings (SSSR count). The van der Waals surface area contributed by atoms with E-state index in [1.54, 1.807) is 0 Å². The Labute approximate surface area is 145 Å². The van der Waals surface area contributed by atoms with Gasteiger partial charge in [0.15, 0.2) is 6.61 Å². The molecule has 0 heterocycles. The van der Waals surface area contributed by atoms with Gasteiger partial charge in [-0.15, -0.1) is 0 Å². The second-order valence-electron chi connectivity index (χ2n) is 5.57. The molecule has 0 aromatic heterocycles. The van der Waals surface area contributed by atoms with Gasteiger partial charge in [-0.1, -0.05) is 6.07 Å². The molecule has 0 bridgehead atoms. The van der Waals surface area contributed by atoms with E-state index in [0.717, 1.165) is 11.1 Å². The van der Waals surface area contributed by atoms with Crippen LogP contribution in [-0.2, 0) is 14.3 Å². The minimum Gasteiger partial charge on any atom is -0.465 e. The van der Waals surface area contributed by atoms with Crippen LogP contribution < -0.4 is 5.32 Å². The molecule has 0 atom stereocenters. The number of amides is 1. The molecule has 6 heteroatoms. The molecule has 6 nitrogen and oxygen atoms in total. The average Bonchev–Trinajstić information content (AvgIpc) is 2.58. The Balaban J connectivity index is 1.90. The number of anilines is 1. The summed E-state index contributed by atoms with van der Waals surface area (Å²) in [6, 6.07) is 11.5. The molecule has 0 aliphatic carbocycles. The van der Waals surface area contributed by atoms with Crippen molar-refractivity contribution in [3.05, 3.63) is 64.7 Å². The van der Waals surface area contributed by atoms with Crippen molar-refractivity contribution in [1.29, 1.82) is 0 Å². The van der Waals surface area contributed by atoms with Gasteiger partial charge in [-0.05, 0) is 61.4 Å². The highest BCUT2D eigenvalue weighted by atomic mass is 16.5. The Bertz CT molecular complexity index is 776. The monoisotopic (exact) mass is 341 g/mol. The van der Waals surface area contributed by atoms with Crippen LogP contribution in [0, 0.1) is 13.8 Å². The van der Waals surface area contributed by atoms with Crippen LogP contribution in [0.25, 0.3) is 0 Å². The van der Waals surface area contributed by atoms with Crippen LogP contribution in [0.1, 0.15) is 31.8 Å². The molecule has 0 spiro atoms. The summed E-state index contributed by atoms with van der Waals surface area (Å²) in [5, 5.41) is 2.68. The molecule has 0 unspecified atom stereocenters. The largest absolute Gasteiger partial charge is 0.465 e. The highest BCUT2D eigenvalue weighted by molar-refractivity contribution is 5.96. The Morgan fingerprint density at radius 2 is 1.40 bits per heavy atom. The number of rotatable bonds is 5. The highest BCUT2D eigenvalue weighted by Gasteiger charge is 2.12. The normalized spacial score (nSPS) is 10.0. The summed E-state index contributed by atoms with van der Waals surface area (Å²) in [5.74, 6) is -1.57. The predicted molar refractivity (Wildman–Crippen MR) is 92.6 cm³/mol. The minimum atomic E-state index is -0.646. The first-order valence-corrected chi connectivity index (χ1v) is 7.62. The van der Waals surface area contributed by atoms with Gasteiger partial charge in [-0.2, -0.15) is 0 Å². The third-order valence-corrected chi connectivity index (χ3v) is 3.38. The smallest absolute Gasteiger partial charge is 0.338 e. The van der Waals surface area contributed by atoms with Crippen molar-refractivity contribution in [2.45, 2.75) is 13.8 Å². The zero-order valence-electron chi connectivity index (χ0n) is 14.3. The number of hydrogen-bond donors (Lipinski definition) is 1. The molecule has 130 valence electrons. The number of carbonyl (C=O) groups is 3. The lowest BCUT2D eigenvalue weighted by Crippen LogP contribution is -2.21. The predicted octanol–water partition coefficient (Wildman–Crippen LogP) is 2.89. The van der Waals surface area contributed by atoms with Crippen LogP contribution in [0.15, 0.2) is 42.5 Å². The van der Waals surface area contributed by atoms with Gasteiger partial charge in [0, 0.05) is 5.69 Å². The molecule has 0 saturated heterocycles. The van der Waals surface area contributed by atoms with Gasteiger partial charge in [-0.25, -0.2) is 9.59 Å². The average molecular weight is 341 g/mol. The molecule has 0 fully saturated rings. The van der Waals surface area contributed by atoms with Crippen LogP contribution in [0.3, 0.4) is 0 Å². The topological polar surface area (TPSA) is 81.7 Å². The Morgan fingerprint density at radius 1 is 0.880 bits per heavy atom. The quantitative estimate of drug-likeness (QED) is 0.846. The third kappa shape index (κ3) is 5.17. The van der Waals surface area contributed by atoms with Gasteiger partial charge in [0.1, 0.15) is 0 Å². The summed E-state index contributed by atoms with van der Waals surface area (Å²) in [5.41, 5.74) is 3.27. The van der Waals surface area contributed by atoms with E-state index in [-0.39, 0.29) is 5.56 Å². The van der Waals surface area contributed by atoms with Gasteiger partial charge in [0.25, 0.3) is 5.91 Å². The van der Waals surface area contributed by atoms with Crippen molar-refractivity contribution in [3.63, 3.8) is 0 Å². The van der Waals surface area contributed by atoms with Gasteiger partial charge in [0.2, 0.25) is 0 Å². The first kappa shape index (κ1) is 18.2. The fourth-order valence-corrected chi connectivity index (χ4v) is 2.32. The van der Waals surface area contributed by atoms with E-state index in [4.69, 9.17) is 4.74 Å². The van der Waals surface area contributed by atoms with Crippen LogP contribution in [0.2, 0.25) is 0 Å². The van der Waals surface area contributed by atoms with Crippen LogP contribution in [-0.4, -0.2) is 31.6 Å². The van der Waals surface area contributed by atoms with Crippen molar-refractivity contribution in [3.8, 4) is 0 Å². The van der Waals surface area contributed by atoms with Gasteiger partial charge in [-0.3, -0.25) is 4.79 Å². The molecule has 1 N–H and O–H groups in total. The summed E-state index contributed by atoms with van der Waals surface area (Å²) in [6.45, 7) is 3.46. The standard InChI is InChI=1S/C19H19NO5/c1-12-8-13(2)10-16(9-12)20-17(21)11-25-19(23)15-6-4-14(5-7-15)18(22)24-3/h4-10H,11H2,1-3H3,(H,20,21). The summed E-state index contributed by atoms with van der Waals surface area (Å²) >= 11 is 0. The summed E-state index contributed by atoms with van der Waals surface area (Å²) in [4.78, 5) is 35.2. The van der Waals surface area contributed by atoms with Crippen LogP contribution in [0.5, 0.6) is 0 Å². The second kappa shape index (κ2) is 8.10.